The molecule has 1 aliphatic heterocycles. The number of nitriles is 1. The number of hydrogen-bond donors (Lipinski definition) is 2. The van der Waals surface area contributed by atoms with Gasteiger partial charge in [-0.3, -0.25) is 0 Å². The zero-order valence-electron chi connectivity index (χ0n) is 16.4. The Bertz CT molecular complexity index is 912. The molecule has 1 atom stereocenters. The molecule has 1 aliphatic rings. The Morgan fingerprint density at radius 3 is 2.59 bits per heavy atom. The lowest BCUT2D eigenvalue weighted by Crippen LogP contribution is -2.26. The average Bonchev–Trinajstić information content (AvgIpc) is 2.66. The minimum Gasteiger partial charge on any atom is -0.490 e. The highest BCUT2D eigenvalue weighted by atomic mass is 16.5. The molecule has 0 radical (unpaired) electrons. The summed E-state index contributed by atoms with van der Waals surface area (Å²) in [5.41, 5.74) is 6.29. The Labute approximate surface area is 167 Å². The normalized spacial score (nSPS) is 16.0. The van der Waals surface area contributed by atoms with Crippen molar-refractivity contribution in [3.05, 3.63) is 46.6 Å². The van der Waals surface area contributed by atoms with Crippen molar-refractivity contribution in [1.29, 1.82) is 5.26 Å². The van der Waals surface area contributed by atoms with E-state index in [1.807, 2.05) is 6.07 Å². The number of ether oxygens (including phenoxy) is 4. The van der Waals surface area contributed by atoms with E-state index < -0.39 is 24.5 Å². The van der Waals surface area contributed by atoms with Crippen molar-refractivity contribution in [1.82, 2.24) is 0 Å². The molecule has 0 amide bonds. The highest BCUT2D eigenvalue weighted by molar-refractivity contribution is 5.93. The number of carbonyl (C=O) groups excluding carboxylic acids is 1. The van der Waals surface area contributed by atoms with Crippen molar-refractivity contribution in [2.75, 3.05) is 19.8 Å². The number of allylic oxidation sites excluding steroid dienone is 2. The molecule has 1 unspecified atom stereocenters. The van der Waals surface area contributed by atoms with Crippen LogP contribution in [0.4, 0.5) is 0 Å². The predicted molar refractivity (Wildman–Crippen MR) is 101 cm³/mol. The van der Waals surface area contributed by atoms with E-state index in [2.05, 4.69) is 0 Å². The van der Waals surface area contributed by atoms with Crippen LogP contribution in [0.5, 0.6) is 11.5 Å². The van der Waals surface area contributed by atoms with Gasteiger partial charge >= 0.3 is 11.9 Å². The van der Waals surface area contributed by atoms with Crippen molar-refractivity contribution in [3.63, 3.8) is 0 Å². The van der Waals surface area contributed by atoms with Crippen molar-refractivity contribution >= 4 is 11.9 Å². The van der Waals surface area contributed by atoms with Gasteiger partial charge in [-0.2, -0.15) is 5.26 Å². The van der Waals surface area contributed by atoms with E-state index >= 15 is 0 Å². The summed E-state index contributed by atoms with van der Waals surface area (Å²) < 4.78 is 21.5. The van der Waals surface area contributed by atoms with Crippen molar-refractivity contribution in [2.24, 2.45) is 5.73 Å². The average molecular weight is 402 g/mol. The number of nitrogens with two attached hydrogens (primary N) is 1. The maximum absolute atomic E-state index is 12.6. The standard InChI is InChI=1S/C20H22N2O7/c1-4-26-14-8-6-7-12(18(14)28-10-15(23)24)17-13(9-21)19(22)29-11(3)16(17)20(25)27-5-2/h6-8,17H,4-5,10,22H2,1-3H3,(H,23,24). The molecule has 1 heterocycles. The van der Waals surface area contributed by atoms with Gasteiger partial charge in [-0.15, -0.1) is 0 Å². The van der Waals surface area contributed by atoms with Gasteiger partial charge in [0, 0.05) is 5.56 Å². The van der Waals surface area contributed by atoms with Gasteiger partial charge in [-0.05, 0) is 26.8 Å². The van der Waals surface area contributed by atoms with Crippen molar-refractivity contribution < 1.29 is 33.6 Å². The van der Waals surface area contributed by atoms with Crippen LogP contribution in [0.25, 0.3) is 0 Å². The first-order chi connectivity index (χ1) is 13.8. The lowest BCUT2D eigenvalue weighted by molar-refractivity contribution is -0.140. The van der Waals surface area contributed by atoms with E-state index in [-0.39, 0.29) is 40.9 Å². The number of nitrogens with zero attached hydrogens (tertiary/aromatic N) is 1. The summed E-state index contributed by atoms with van der Waals surface area (Å²) in [6, 6.07) is 6.82. The van der Waals surface area contributed by atoms with E-state index in [0.717, 1.165) is 0 Å². The molecule has 29 heavy (non-hydrogen) atoms. The summed E-state index contributed by atoms with van der Waals surface area (Å²) >= 11 is 0. The summed E-state index contributed by atoms with van der Waals surface area (Å²) in [4.78, 5) is 23.7. The third kappa shape index (κ3) is 4.60. The van der Waals surface area contributed by atoms with Crippen LogP contribution in [-0.2, 0) is 19.1 Å². The minimum atomic E-state index is -1.19. The molecular formula is C20H22N2O7. The third-order valence-corrected chi connectivity index (χ3v) is 4.06. The number of esters is 1. The van der Waals surface area contributed by atoms with Crippen LogP contribution < -0.4 is 15.2 Å². The molecule has 3 N–H and O–H groups in total. The third-order valence-electron chi connectivity index (χ3n) is 4.06. The Balaban J connectivity index is 2.73. The molecule has 0 spiro atoms. The van der Waals surface area contributed by atoms with Crippen LogP contribution in [0, 0.1) is 11.3 Å². The number of rotatable bonds is 8. The van der Waals surface area contributed by atoms with E-state index in [1.54, 1.807) is 32.0 Å². The van der Waals surface area contributed by atoms with Crippen LogP contribution in [-0.4, -0.2) is 36.9 Å². The Morgan fingerprint density at radius 1 is 1.28 bits per heavy atom. The summed E-state index contributed by atoms with van der Waals surface area (Å²) in [6.45, 7) is 4.71. The zero-order chi connectivity index (χ0) is 21.6. The Kier molecular flexibility index (Phi) is 7.09. The molecule has 9 heteroatoms. The molecule has 0 bridgehead atoms. The minimum absolute atomic E-state index is 0.0209. The molecule has 1 aromatic carbocycles. The van der Waals surface area contributed by atoms with E-state index in [4.69, 9.17) is 29.8 Å². The van der Waals surface area contributed by atoms with Gasteiger partial charge in [0.05, 0.1) is 24.7 Å². The maximum atomic E-state index is 12.6. The molecular weight excluding hydrogens is 380 g/mol. The maximum Gasteiger partial charge on any atom is 0.341 e. The van der Waals surface area contributed by atoms with Gasteiger partial charge in [0.15, 0.2) is 18.1 Å². The van der Waals surface area contributed by atoms with Crippen LogP contribution in [0.1, 0.15) is 32.3 Å². The first kappa shape index (κ1) is 21.6. The highest BCUT2D eigenvalue weighted by Gasteiger charge is 2.38. The number of carbonyl (C=O) groups is 2. The van der Waals surface area contributed by atoms with E-state index in [9.17, 15) is 14.9 Å². The number of para-hydroxylation sites is 1. The van der Waals surface area contributed by atoms with Crippen LogP contribution in [0.3, 0.4) is 0 Å². The van der Waals surface area contributed by atoms with Gasteiger partial charge in [0.2, 0.25) is 5.88 Å². The SMILES string of the molecule is CCOC(=O)C1=C(C)OC(N)=C(C#N)C1c1cccc(OCC)c1OCC(=O)O. The topological polar surface area (TPSA) is 141 Å². The van der Waals surface area contributed by atoms with Gasteiger partial charge in [0.1, 0.15) is 17.4 Å². The summed E-state index contributed by atoms with van der Waals surface area (Å²) in [7, 11) is 0. The molecule has 0 fully saturated rings. The lowest BCUT2D eigenvalue weighted by atomic mass is 9.82. The molecule has 0 aliphatic carbocycles. The second-order valence-electron chi connectivity index (χ2n) is 5.91. The zero-order valence-corrected chi connectivity index (χ0v) is 16.4. The molecule has 0 saturated carbocycles. The summed E-state index contributed by atoms with van der Waals surface area (Å²) in [6.07, 6.45) is 0. The highest BCUT2D eigenvalue weighted by Crippen LogP contribution is 2.45. The second kappa shape index (κ2) is 9.50. The van der Waals surface area contributed by atoms with Gasteiger partial charge in [-0.1, -0.05) is 12.1 Å². The van der Waals surface area contributed by atoms with Gasteiger partial charge in [0.25, 0.3) is 0 Å². The fourth-order valence-electron chi connectivity index (χ4n) is 2.98. The lowest BCUT2D eigenvalue weighted by Gasteiger charge is -2.28. The number of hydrogen-bond acceptors (Lipinski definition) is 8. The molecule has 2 rings (SSSR count). The first-order valence-electron chi connectivity index (χ1n) is 8.91. The van der Waals surface area contributed by atoms with E-state index in [1.165, 1.54) is 6.92 Å². The Hall–Kier alpha value is -3.67. The second-order valence-corrected chi connectivity index (χ2v) is 5.91. The fraction of sp³-hybridized carbons (Fsp3) is 0.350. The number of aliphatic carboxylic acids is 1. The molecule has 9 nitrogen and oxygen atoms in total. The van der Waals surface area contributed by atoms with Crippen molar-refractivity contribution in [2.45, 2.75) is 26.7 Å². The number of carboxylic acids is 1. The molecule has 154 valence electrons. The molecule has 0 aromatic heterocycles. The monoisotopic (exact) mass is 402 g/mol. The molecule has 0 saturated heterocycles. The number of carboxylic acid groups (broad SMARTS) is 1. The smallest absolute Gasteiger partial charge is 0.341 e. The first-order valence-corrected chi connectivity index (χ1v) is 8.91. The largest absolute Gasteiger partial charge is 0.490 e. The summed E-state index contributed by atoms with van der Waals surface area (Å²) in [5.74, 6) is -2.46. The summed E-state index contributed by atoms with van der Waals surface area (Å²) in [5, 5.41) is 18.7. The van der Waals surface area contributed by atoms with Crippen LogP contribution >= 0.6 is 0 Å². The Morgan fingerprint density at radius 2 is 2.00 bits per heavy atom. The fourth-order valence-corrected chi connectivity index (χ4v) is 2.98. The predicted octanol–water partition coefficient (Wildman–Crippen LogP) is 2.19. The van der Waals surface area contributed by atoms with Gasteiger partial charge in [-0.25, -0.2) is 9.59 Å². The van der Waals surface area contributed by atoms with Crippen LogP contribution in [0.15, 0.2) is 41.0 Å². The van der Waals surface area contributed by atoms with Gasteiger partial charge < -0.3 is 29.8 Å². The quantitative estimate of drug-likeness (QED) is 0.626. The van der Waals surface area contributed by atoms with Crippen LogP contribution in [0.2, 0.25) is 0 Å². The molecule has 1 aromatic rings. The van der Waals surface area contributed by atoms with E-state index in [0.29, 0.717) is 12.2 Å². The number of benzene rings is 1. The van der Waals surface area contributed by atoms with Crippen molar-refractivity contribution in [3.8, 4) is 17.6 Å².